The average Bonchev–Trinajstić information content (AvgIpc) is 2.80. The van der Waals surface area contributed by atoms with Crippen LogP contribution in [0.2, 0.25) is 0 Å². The number of carbonyl (C=O) groups is 2. The van der Waals surface area contributed by atoms with Gasteiger partial charge in [-0.25, -0.2) is 9.78 Å². The first-order valence-corrected chi connectivity index (χ1v) is 6.11. The molecule has 0 saturated carbocycles. The fourth-order valence-corrected chi connectivity index (χ4v) is 1.69. The Kier molecular flexibility index (Phi) is 3.79. The van der Waals surface area contributed by atoms with Crippen molar-refractivity contribution in [2.75, 3.05) is 11.9 Å². The van der Waals surface area contributed by atoms with Gasteiger partial charge in [-0.3, -0.25) is 10.1 Å². The van der Waals surface area contributed by atoms with Gasteiger partial charge in [-0.2, -0.15) is 0 Å². The lowest BCUT2D eigenvalue weighted by Crippen LogP contribution is -2.10. The first-order valence-electron chi connectivity index (χ1n) is 6.11. The highest BCUT2D eigenvalue weighted by Gasteiger charge is 2.14. The molecule has 0 spiro atoms. The number of imidazole rings is 1. The van der Waals surface area contributed by atoms with Gasteiger partial charge < -0.3 is 9.72 Å². The molecule has 0 unspecified atom stereocenters. The van der Waals surface area contributed by atoms with Crippen molar-refractivity contribution in [1.82, 2.24) is 9.97 Å². The summed E-state index contributed by atoms with van der Waals surface area (Å²) < 4.78 is 4.97. The molecule has 1 aromatic carbocycles. The number of hydrogen-bond donors (Lipinski definition) is 2. The summed E-state index contributed by atoms with van der Waals surface area (Å²) >= 11 is 0. The number of carbonyl (C=O) groups excluding carboxylic acids is 2. The molecule has 2 rings (SSSR count). The molecule has 0 aliphatic carbocycles. The number of amides is 1. The monoisotopic (exact) mass is 261 g/mol. The number of nitrogens with zero attached hydrogens (tertiary/aromatic N) is 1. The predicted octanol–water partition coefficient (Wildman–Crippen LogP) is 2.09. The normalized spacial score (nSPS) is 10.4. The predicted molar refractivity (Wildman–Crippen MR) is 71.0 cm³/mol. The first kappa shape index (κ1) is 13.1. The number of ether oxygens (including phenoxy) is 1. The minimum Gasteiger partial charge on any atom is -0.462 e. The van der Waals surface area contributed by atoms with Crippen LogP contribution in [-0.4, -0.2) is 28.5 Å². The van der Waals surface area contributed by atoms with Crippen LogP contribution in [-0.2, 0) is 9.53 Å². The number of aromatic amines is 1. The van der Waals surface area contributed by atoms with Crippen LogP contribution in [0.5, 0.6) is 0 Å². The van der Waals surface area contributed by atoms with Gasteiger partial charge in [0.2, 0.25) is 11.9 Å². The molecule has 1 aromatic heterocycles. The minimum absolute atomic E-state index is 0.142. The second kappa shape index (κ2) is 5.51. The Morgan fingerprint density at radius 2 is 2.16 bits per heavy atom. The highest BCUT2D eigenvalue weighted by Crippen LogP contribution is 2.19. The Bertz CT molecular complexity index is 619. The quantitative estimate of drug-likeness (QED) is 0.825. The molecule has 0 aliphatic heterocycles. The summed E-state index contributed by atoms with van der Waals surface area (Å²) in [5.41, 5.74) is 1.55. The van der Waals surface area contributed by atoms with Crippen LogP contribution in [0.4, 0.5) is 5.95 Å². The second-order valence-electron chi connectivity index (χ2n) is 3.91. The maximum Gasteiger partial charge on any atom is 0.340 e. The SMILES string of the molecule is CCOC(=O)c1cccc2[nH]c(NC(=O)CC)nc12. The van der Waals surface area contributed by atoms with E-state index in [2.05, 4.69) is 15.3 Å². The second-order valence-corrected chi connectivity index (χ2v) is 3.91. The summed E-state index contributed by atoms with van der Waals surface area (Å²) in [6.45, 7) is 3.80. The van der Waals surface area contributed by atoms with E-state index in [1.54, 1.807) is 32.0 Å². The van der Waals surface area contributed by atoms with Crippen LogP contribution in [0, 0.1) is 0 Å². The van der Waals surface area contributed by atoms with Crippen LogP contribution < -0.4 is 5.32 Å². The van der Waals surface area contributed by atoms with Gasteiger partial charge in [0.25, 0.3) is 0 Å². The van der Waals surface area contributed by atoms with Crippen molar-refractivity contribution in [3.8, 4) is 0 Å². The maximum atomic E-state index is 11.8. The molecule has 0 fully saturated rings. The zero-order valence-electron chi connectivity index (χ0n) is 10.8. The lowest BCUT2D eigenvalue weighted by atomic mass is 10.2. The molecule has 6 nitrogen and oxygen atoms in total. The molecule has 0 radical (unpaired) electrons. The lowest BCUT2D eigenvalue weighted by Gasteiger charge is -2.01. The Labute approximate surface area is 110 Å². The fourth-order valence-electron chi connectivity index (χ4n) is 1.69. The summed E-state index contributed by atoms with van der Waals surface area (Å²) in [4.78, 5) is 30.3. The number of hydrogen-bond acceptors (Lipinski definition) is 4. The third-order valence-electron chi connectivity index (χ3n) is 2.59. The van der Waals surface area contributed by atoms with Gasteiger partial charge in [0.15, 0.2) is 0 Å². The Morgan fingerprint density at radius 3 is 2.84 bits per heavy atom. The number of H-pyrrole nitrogens is 1. The molecule has 1 amide bonds. The fraction of sp³-hybridized carbons (Fsp3) is 0.308. The van der Waals surface area contributed by atoms with Gasteiger partial charge in [-0.15, -0.1) is 0 Å². The van der Waals surface area contributed by atoms with Gasteiger partial charge in [0, 0.05) is 6.42 Å². The van der Waals surface area contributed by atoms with E-state index < -0.39 is 5.97 Å². The third-order valence-corrected chi connectivity index (χ3v) is 2.59. The zero-order chi connectivity index (χ0) is 13.8. The summed E-state index contributed by atoms with van der Waals surface area (Å²) in [5, 5.41) is 2.62. The minimum atomic E-state index is -0.423. The van der Waals surface area contributed by atoms with Crippen molar-refractivity contribution in [1.29, 1.82) is 0 Å². The van der Waals surface area contributed by atoms with Crippen LogP contribution in [0.15, 0.2) is 18.2 Å². The molecule has 6 heteroatoms. The van der Waals surface area contributed by atoms with E-state index in [1.807, 2.05) is 0 Å². The maximum absolute atomic E-state index is 11.8. The van der Waals surface area contributed by atoms with E-state index in [-0.39, 0.29) is 5.91 Å². The standard InChI is InChI=1S/C13H15N3O3/c1-3-10(17)15-13-14-9-7-5-6-8(11(9)16-13)12(18)19-4-2/h5-7H,3-4H2,1-2H3,(H2,14,15,16,17). The molecule has 19 heavy (non-hydrogen) atoms. The number of fused-ring (bicyclic) bond motifs is 1. The van der Waals surface area contributed by atoms with Crippen LogP contribution in [0.3, 0.4) is 0 Å². The van der Waals surface area contributed by atoms with Gasteiger partial charge in [-0.1, -0.05) is 13.0 Å². The van der Waals surface area contributed by atoms with E-state index in [0.29, 0.717) is 35.6 Å². The number of para-hydroxylation sites is 1. The summed E-state index contributed by atoms with van der Waals surface area (Å²) in [7, 11) is 0. The van der Waals surface area contributed by atoms with Gasteiger partial charge in [-0.05, 0) is 19.1 Å². The van der Waals surface area contributed by atoms with Crippen molar-refractivity contribution >= 4 is 28.9 Å². The summed E-state index contributed by atoms with van der Waals surface area (Å²) in [6.07, 6.45) is 0.363. The Hall–Kier alpha value is -2.37. The van der Waals surface area contributed by atoms with Gasteiger partial charge in [0.05, 0.1) is 17.7 Å². The van der Waals surface area contributed by atoms with E-state index in [4.69, 9.17) is 4.74 Å². The van der Waals surface area contributed by atoms with E-state index in [1.165, 1.54) is 0 Å². The zero-order valence-corrected chi connectivity index (χ0v) is 10.8. The molecule has 2 aromatic rings. The van der Waals surface area contributed by atoms with Crippen molar-refractivity contribution < 1.29 is 14.3 Å². The van der Waals surface area contributed by atoms with Gasteiger partial charge in [0.1, 0.15) is 5.52 Å². The van der Waals surface area contributed by atoms with Crippen LogP contribution >= 0.6 is 0 Å². The van der Waals surface area contributed by atoms with E-state index in [9.17, 15) is 9.59 Å². The summed E-state index contributed by atoms with van der Waals surface area (Å²) in [6, 6.07) is 5.16. The topological polar surface area (TPSA) is 84.1 Å². The van der Waals surface area contributed by atoms with Gasteiger partial charge >= 0.3 is 5.97 Å². The van der Waals surface area contributed by atoms with E-state index in [0.717, 1.165) is 0 Å². The van der Waals surface area contributed by atoms with E-state index >= 15 is 0 Å². The molecular formula is C13H15N3O3. The molecule has 100 valence electrons. The number of aromatic nitrogens is 2. The number of rotatable bonds is 4. The highest BCUT2D eigenvalue weighted by molar-refractivity contribution is 6.03. The van der Waals surface area contributed by atoms with Crippen molar-refractivity contribution in [2.24, 2.45) is 0 Å². The smallest absolute Gasteiger partial charge is 0.340 e. The number of anilines is 1. The number of esters is 1. The molecule has 0 saturated heterocycles. The van der Waals surface area contributed by atoms with Crippen molar-refractivity contribution in [2.45, 2.75) is 20.3 Å². The largest absolute Gasteiger partial charge is 0.462 e. The summed E-state index contributed by atoms with van der Waals surface area (Å²) in [5.74, 6) is -0.233. The molecule has 0 atom stereocenters. The number of benzene rings is 1. The first-order chi connectivity index (χ1) is 9.15. The Morgan fingerprint density at radius 1 is 1.37 bits per heavy atom. The Balaban J connectivity index is 2.39. The molecule has 0 bridgehead atoms. The molecule has 1 heterocycles. The third kappa shape index (κ3) is 2.73. The molecular weight excluding hydrogens is 246 g/mol. The molecule has 0 aliphatic rings. The lowest BCUT2D eigenvalue weighted by molar-refractivity contribution is -0.115. The average molecular weight is 261 g/mol. The van der Waals surface area contributed by atoms with Crippen molar-refractivity contribution in [3.63, 3.8) is 0 Å². The van der Waals surface area contributed by atoms with Crippen LogP contribution in [0.25, 0.3) is 11.0 Å². The van der Waals surface area contributed by atoms with Crippen LogP contribution in [0.1, 0.15) is 30.6 Å². The van der Waals surface area contributed by atoms with Crippen molar-refractivity contribution in [3.05, 3.63) is 23.8 Å². The molecule has 2 N–H and O–H groups in total. The number of nitrogens with one attached hydrogen (secondary N) is 2. The highest BCUT2D eigenvalue weighted by atomic mass is 16.5.